The van der Waals surface area contributed by atoms with Gasteiger partial charge in [-0.25, -0.2) is 0 Å². The van der Waals surface area contributed by atoms with Crippen LogP contribution in [0.2, 0.25) is 0 Å². The molecule has 13 heavy (non-hydrogen) atoms. The molecule has 1 unspecified atom stereocenters. The molecular formula is C10H15BrO2. The van der Waals surface area contributed by atoms with Crippen LogP contribution in [0.4, 0.5) is 0 Å². The molecule has 1 atom stereocenters. The third-order valence-electron chi connectivity index (χ3n) is 1.53. The maximum Gasteiger partial charge on any atom is 0.316 e. The fourth-order valence-corrected chi connectivity index (χ4v) is 1.06. The molecule has 2 nitrogen and oxygen atoms in total. The van der Waals surface area contributed by atoms with Gasteiger partial charge in [-0.2, -0.15) is 0 Å². The second kappa shape index (κ2) is 8.05. The van der Waals surface area contributed by atoms with Crippen LogP contribution in [0, 0.1) is 0 Å². The largest absolute Gasteiger partial charge is 0.461 e. The van der Waals surface area contributed by atoms with E-state index in [0.29, 0.717) is 6.42 Å². The summed E-state index contributed by atoms with van der Waals surface area (Å²) in [6.07, 6.45) is 5.89. The van der Waals surface area contributed by atoms with E-state index >= 15 is 0 Å². The van der Waals surface area contributed by atoms with Crippen LogP contribution in [0.5, 0.6) is 0 Å². The monoisotopic (exact) mass is 246 g/mol. The molecule has 0 fully saturated rings. The number of carbonyl (C=O) groups is 1. The average molecular weight is 247 g/mol. The summed E-state index contributed by atoms with van der Waals surface area (Å²) in [6.45, 7) is 7.23. The highest BCUT2D eigenvalue weighted by molar-refractivity contribution is 9.09. The lowest BCUT2D eigenvalue weighted by Gasteiger charge is -2.14. The lowest BCUT2D eigenvalue weighted by molar-refractivity contribution is -0.145. The first-order valence-corrected chi connectivity index (χ1v) is 5.34. The quantitative estimate of drug-likeness (QED) is 0.393. The van der Waals surface area contributed by atoms with Crippen molar-refractivity contribution >= 4 is 21.9 Å². The Morgan fingerprint density at radius 3 is 2.62 bits per heavy atom. The number of ether oxygens (including phenoxy) is 1. The van der Waals surface area contributed by atoms with Crippen molar-refractivity contribution in [2.24, 2.45) is 0 Å². The highest BCUT2D eigenvalue weighted by Crippen LogP contribution is 2.08. The van der Waals surface area contributed by atoms with Crippen molar-refractivity contribution in [3.05, 3.63) is 25.3 Å². The minimum atomic E-state index is -0.226. The van der Waals surface area contributed by atoms with Crippen molar-refractivity contribution < 1.29 is 9.53 Å². The number of halogens is 1. The third kappa shape index (κ3) is 6.58. The number of esters is 1. The molecule has 0 amide bonds. The fraction of sp³-hybridized carbons (Fsp3) is 0.500. The predicted octanol–water partition coefficient (Wildman–Crippen LogP) is 2.84. The van der Waals surface area contributed by atoms with Gasteiger partial charge in [-0.15, -0.1) is 13.2 Å². The molecule has 0 N–H and O–H groups in total. The Bertz CT molecular complexity index is 178. The van der Waals surface area contributed by atoms with Gasteiger partial charge in [-0.3, -0.25) is 4.79 Å². The van der Waals surface area contributed by atoms with Gasteiger partial charge in [0.1, 0.15) is 11.4 Å². The van der Waals surface area contributed by atoms with E-state index in [0.717, 1.165) is 12.8 Å². The van der Waals surface area contributed by atoms with Crippen molar-refractivity contribution in [3.63, 3.8) is 0 Å². The zero-order valence-electron chi connectivity index (χ0n) is 7.67. The molecule has 0 aliphatic rings. The molecule has 0 aromatic rings. The van der Waals surface area contributed by atoms with E-state index in [1.54, 1.807) is 6.08 Å². The van der Waals surface area contributed by atoms with Crippen molar-refractivity contribution in [1.29, 1.82) is 0 Å². The Morgan fingerprint density at radius 2 is 2.15 bits per heavy atom. The second-order valence-electron chi connectivity index (χ2n) is 2.64. The van der Waals surface area contributed by atoms with E-state index < -0.39 is 0 Å². The minimum Gasteiger partial charge on any atom is -0.461 e. The summed E-state index contributed by atoms with van der Waals surface area (Å²) < 4.78 is 5.14. The summed E-state index contributed by atoms with van der Waals surface area (Å²) >= 11 is 3.04. The molecule has 74 valence electrons. The Kier molecular flexibility index (Phi) is 7.69. The fourth-order valence-electron chi connectivity index (χ4n) is 0.932. The van der Waals surface area contributed by atoms with Gasteiger partial charge >= 0.3 is 5.97 Å². The van der Waals surface area contributed by atoms with Crippen LogP contribution in [-0.2, 0) is 9.53 Å². The van der Waals surface area contributed by atoms with E-state index in [1.807, 2.05) is 6.08 Å². The maximum absolute atomic E-state index is 10.9. The van der Waals surface area contributed by atoms with Gasteiger partial charge < -0.3 is 4.74 Å². The van der Waals surface area contributed by atoms with Crippen LogP contribution in [0.15, 0.2) is 25.3 Å². The zero-order chi connectivity index (χ0) is 10.1. The summed E-state index contributed by atoms with van der Waals surface area (Å²) in [5, 5.41) is 0.245. The Balaban J connectivity index is 3.84. The van der Waals surface area contributed by atoms with Gasteiger partial charge in [0.05, 0.1) is 0 Å². The zero-order valence-corrected chi connectivity index (χ0v) is 9.26. The average Bonchev–Trinajstić information content (AvgIpc) is 2.14. The lowest BCUT2D eigenvalue weighted by Crippen LogP contribution is -2.18. The first kappa shape index (κ1) is 12.4. The van der Waals surface area contributed by atoms with Crippen LogP contribution < -0.4 is 0 Å². The Labute approximate surface area is 87.8 Å². The number of carbonyl (C=O) groups excluding carboxylic acids is 1. The van der Waals surface area contributed by atoms with E-state index in [4.69, 9.17) is 4.74 Å². The van der Waals surface area contributed by atoms with Crippen LogP contribution in [0.1, 0.15) is 19.3 Å². The summed E-state index contributed by atoms with van der Waals surface area (Å²) in [4.78, 5) is 10.9. The predicted molar refractivity (Wildman–Crippen MR) is 57.9 cm³/mol. The molecule has 0 aromatic carbocycles. The molecule has 0 saturated carbocycles. The van der Waals surface area contributed by atoms with Crippen molar-refractivity contribution in [1.82, 2.24) is 0 Å². The molecule has 0 aliphatic heterocycles. The van der Waals surface area contributed by atoms with Crippen LogP contribution in [-0.4, -0.2) is 17.4 Å². The first-order valence-electron chi connectivity index (χ1n) is 4.21. The first-order chi connectivity index (χ1) is 6.24. The van der Waals surface area contributed by atoms with Crippen molar-refractivity contribution in [3.8, 4) is 0 Å². The van der Waals surface area contributed by atoms with Gasteiger partial charge in [-0.05, 0) is 12.8 Å². The van der Waals surface area contributed by atoms with E-state index in [1.165, 1.54) is 0 Å². The van der Waals surface area contributed by atoms with Gasteiger partial charge in [-0.1, -0.05) is 28.1 Å². The third-order valence-corrected chi connectivity index (χ3v) is 1.99. The molecule has 0 aromatic heterocycles. The SMILES string of the molecule is C=CCCC(CC=C)OC(=O)CBr. The highest BCUT2D eigenvalue weighted by Gasteiger charge is 2.10. The molecule has 0 rings (SSSR count). The molecule has 0 bridgehead atoms. The van der Waals surface area contributed by atoms with Crippen molar-refractivity contribution in [2.75, 3.05) is 5.33 Å². The van der Waals surface area contributed by atoms with E-state index in [9.17, 15) is 4.79 Å². The minimum absolute atomic E-state index is 0.0550. The number of hydrogen-bond acceptors (Lipinski definition) is 2. The molecule has 0 spiro atoms. The number of rotatable bonds is 7. The van der Waals surface area contributed by atoms with Gasteiger partial charge in [0.15, 0.2) is 0 Å². The smallest absolute Gasteiger partial charge is 0.316 e. The highest BCUT2D eigenvalue weighted by atomic mass is 79.9. The Morgan fingerprint density at radius 1 is 1.46 bits per heavy atom. The molecular weight excluding hydrogens is 232 g/mol. The molecule has 0 heterocycles. The summed E-state index contributed by atoms with van der Waals surface area (Å²) in [7, 11) is 0. The topological polar surface area (TPSA) is 26.3 Å². The summed E-state index contributed by atoms with van der Waals surface area (Å²) in [5.74, 6) is -0.226. The number of hydrogen-bond donors (Lipinski definition) is 0. The molecule has 0 saturated heterocycles. The summed E-state index contributed by atoms with van der Waals surface area (Å²) in [5.41, 5.74) is 0. The van der Waals surface area contributed by atoms with Gasteiger partial charge in [0, 0.05) is 6.42 Å². The molecule has 0 radical (unpaired) electrons. The molecule has 0 aliphatic carbocycles. The normalized spacial score (nSPS) is 11.8. The van der Waals surface area contributed by atoms with Crippen LogP contribution >= 0.6 is 15.9 Å². The van der Waals surface area contributed by atoms with Gasteiger partial charge in [0.25, 0.3) is 0 Å². The maximum atomic E-state index is 10.9. The standard InChI is InChI=1S/C10H15BrO2/c1-3-5-7-9(6-4-2)13-10(12)8-11/h3-4,9H,1-2,5-8H2. The Hall–Kier alpha value is -0.570. The second-order valence-corrected chi connectivity index (χ2v) is 3.20. The number of allylic oxidation sites excluding steroid dienone is 1. The van der Waals surface area contributed by atoms with E-state index in [-0.39, 0.29) is 17.4 Å². The van der Waals surface area contributed by atoms with Crippen molar-refractivity contribution in [2.45, 2.75) is 25.4 Å². The van der Waals surface area contributed by atoms with Gasteiger partial charge in [0.2, 0.25) is 0 Å². The van der Waals surface area contributed by atoms with Crippen LogP contribution in [0.3, 0.4) is 0 Å². The van der Waals surface area contributed by atoms with E-state index in [2.05, 4.69) is 29.1 Å². The summed E-state index contributed by atoms with van der Waals surface area (Å²) in [6, 6.07) is 0. The molecule has 3 heteroatoms. The lowest BCUT2D eigenvalue weighted by atomic mass is 10.1. The number of alkyl halides is 1. The van der Waals surface area contributed by atoms with Crippen LogP contribution in [0.25, 0.3) is 0 Å².